The van der Waals surface area contributed by atoms with Gasteiger partial charge in [0.2, 0.25) is 0 Å². The minimum absolute atomic E-state index is 0.00892. The lowest BCUT2D eigenvalue weighted by Crippen LogP contribution is -2.57. The molecule has 4 nitrogen and oxygen atoms in total. The Morgan fingerprint density at radius 3 is 2.47 bits per heavy atom. The van der Waals surface area contributed by atoms with Gasteiger partial charge in [0.15, 0.2) is 0 Å². The third kappa shape index (κ3) is 3.71. The topological polar surface area (TPSA) is 70.1 Å². The minimum Gasteiger partial charge on any atom is -0.396 e. The van der Waals surface area contributed by atoms with Gasteiger partial charge in [-0.05, 0) is 80.5 Å². The van der Waals surface area contributed by atoms with Crippen LogP contribution in [0, 0.1) is 46.3 Å². The van der Waals surface area contributed by atoms with E-state index < -0.39 is 11.0 Å². The standard InChI is InChI=1S/C28H48O4/c1-17(2)18(3)7-8-19(4)22-9-10-23(26(22,5)13-14-29)21-15-24-28(32-24)16-20(30)11-12-27(28,6)25(21)31/h17-24,29-30H,7-16H2,1-6H3/t18-,19-,20+,21+,22-,23+,24-,26-,27-,28-/m1/s1. The first-order valence-corrected chi connectivity index (χ1v) is 13.5. The number of carbonyl (C=O) groups is 1. The van der Waals surface area contributed by atoms with Gasteiger partial charge in [-0.15, -0.1) is 0 Å². The molecule has 0 aromatic rings. The van der Waals surface area contributed by atoms with Gasteiger partial charge >= 0.3 is 0 Å². The van der Waals surface area contributed by atoms with E-state index in [2.05, 4.69) is 41.5 Å². The fourth-order valence-corrected chi connectivity index (χ4v) is 8.45. The molecule has 1 saturated heterocycles. The Labute approximate surface area is 195 Å². The Morgan fingerprint density at radius 2 is 1.81 bits per heavy atom. The summed E-state index contributed by atoms with van der Waals surface area (Å²) in [5.74, 6) is 3.42. The van der Waals surface area contributed by atoms with E-state index in [0.717, 1.165) is 37.5 Å². The molecule has 1 aliphatic heterocycles. The van der Waals surface area contributed by atoms with Crippen LogP contribution in [0.5, 0.6) is 0 Å². The van der Waals surface area contributed by atoms with Crippen molar-refractivity contribution in [3.05, 3.63) is 0 Å². The number of hydrogen-bond donors (Lipinski definition) is 2. The van der Waals surface area contributed by atoms with E-state index in [0.29, 0.717) is 36.4 Å². The molecule has 0 unspecified atom stereocenters. The molecule has 1 heterocycles. The van der Waals surface area contributed by atoms with Crippen LogP contribution in [-0.4, -0.2) is 40.4 Å². The van der Waals surface area contributed by atoms with Gasteiger partial charge in [-0.25, -0.2) is 0 Å². The molecule has 0 radical (unpaired) electrons. The van der Waals surface area contributed by atoms with Crippen molar-refractivity contribution in [2.75, 3.05) is 6.61 Å². The van der Waals surface area contributed by atoms with Crippen LogP contribution in [0.4, 0.5) is 0 Å². The van der Waals surface area contributed by atoms with Gasteiger partial charge in [-0.1, -0.05) is 47.5 Å². The highest BCUT2D eigenvalue weighted by Crippen LogP contribution is 2.68. The highest BCUT2D eigenvalue weighted by molar-refractivity contribution is 5.90. The Hall–Kier alpha value is -0.450. The van der Waals surface area contributed by atoms with Crippen LogP contribution in [-0.2, 0) is 9.53 Å². The monoisotopic (exact) mass is 448 g/mol. The quantitative estimate of drug-likeness (QED) is 0.489. The van der Waals surface area contributed by atoms with Crippen molar-refractivity contribution in [1.29, 1.82) is 0 Å². The largest absolute Gasteiger partial charge is 0.396 e. The van der Waals surface area contributed by atoms with Crippen molar-refractivity contribution >= 4 is 5.78 Å². The molecule has 4 aliphatic rings. The van der Waals surface area contributed by atoms with Gasteiger partial charge in [-0.3, -0.25) is 4.79 Å². The molecule has 0 aromatic heterocycles. The molecule has 4 rings (SSSR count). The number of ketones is 1. The van der Waals surface area contributed by atoms with Gasteiger partial charge in [0.25, 0.3) is 0 Å². The van der Waals surface area contributed by atoms with Gasteiger partial charge in [-0.2, -0.15) is 0 Å². The van der Waals surface area contributed by atoms with Gasteiger partial charge in [0, 0.05) is 18.9 Å². The summed E-state index contributed by atoms with van der Waals surface area (Å²) in [7, 11) is 0. The molecule has 4 heteroatoms. The Morgan fingerprint density at radius 1 is 1.09 bits per heavy atom. The van der Waals surface area contributed by atoms with Crippen LogP contribution in [0.3, 0.4) is 0 Å². The number of ether oxygens (including phenoxy) is 1. The highest BCUT2D eigenvalue weighted by Gasteiger charge is 2.75. The van der Waals surface area contributed by atoms with Gasteiger partial charge in [0.05, 0.1) is 17.6 Å². The molecular formula is C28H48O4. The van der Waals surface area contributed by atoms with Crippen molar-refractivity contribution in [3.8, 4) is 0 Å². The summed E-state index contributed by atoms with van der Waals surface area (Å²) >= 11 is 0. The smallest absolute Gasteiger partial charge is 0.145 e. The first kappa shape index (κ1) is 24.7. The molecule has 0 amide bonds. The number of aliphatic hydroxyl groups is 2. The van der Waals surface area contributed by atoms with Crippen LogP contribution in [0.25, 0.3) is 0 Å². The predicted octanol–water partition coefficient (Wildman–Crippen LogP) is 5.39. The average Bonchev–Trinajstić information content (AvgIpc) is 3.33. The molecule has 184 valence electrons. The summed E-state index contributed by atoms with van der Waals surface area (Å²) in [6.45, 7) is 14.1. The Kier molecular flexibility index (Phi) is 6.66. The normalized spacial score (nSPS) is 47.8. The molecule has 32 heavy (non-hydrogen) atoms. The number of epoxide rings is 1. The predicted molar refractivity (Wildman–Crippen MR) is 127 cm³/mol. The number of hydrogen-bond acceptors (Lipinski definition) is 4. The fraction of sp³-hybridized carbons (Fsp3) is 0.964. The molecular weight excluding hydrogens is 400 g/mol. The van der Waals surface area contributed by atoms with E-state index in [9.17, 15) is 15.0 Å². The average molecular weight is 449 g/mol. The van der Waals surface area contributed by atoms with Crippen molar-refractivity contribution in [1.82, 2.24) is 0 Å². The van der Waals surface area contributed by atoms with E-state index >= 15 is 0 Å². The fourth-order valence-electron chi connectivity index (χ4n) is 8.45. The Balaban J connectivity index is 1.53. The molecule has 1 spiro atoms. The molecule has 0 aromatic carbocycles. The second-order valence-electron chi connectivity index (χ2n) is 13.0. The zero-order valence-corrected chi connectivity index (χ0v) is 21.4. The summed E-state index contributed by atoms with van der Waals surface area (Å²) in [5.41, 5.74) is -0.838. The van der Waals surface area contributed by atoms with E-state index in [-0.39, 0.29) is 30.1 Å². The first-order chi connectivity index (χ1) is 15.0. The number of aliphatic hydroxyl groups excluding tert-OH is 2. The SMILES string of the molecule is CC(C)[C@H](C)CC[C@@H](C)[C@H]1CC[C@@H]([C@@H]2C[C@H]3O[C@]34C[C@@H](O)CC[C@]4(C)C2=O)[C@]1(C)CCO. The second kappa shape index (κ2) is 8.64. The van der Waals surface area contributed by atoms with Crippen LogP contribution < -0.4 is 0 Å². The maximum absolute atomic E-state index is 14.0. The maximum atomic E-state index is 14.0. The summed E-state index contributed by atoms with van der Waals surface area (Å²) in [6.07, 6.45) is 8.26. The maximum Gasteiger partial charge on any atom is 0.145 e. The third-order valence-electron chi connectivity index (χ3n) is 11.1. The second-order valence-corrected chi connectivity index (χ2v) is 13.0. The van der Waals surface area contributed by atoms with Crippen molar-refractivity contribution in [2.24, 2.45) is 46.3 Å². The number of rotatable bonds is 8. The van der Waals surface area contributed by atoms with Crippen LogP contribution in [0.15, 0.2) is 0 Å². The minimum atomic E-state index is -0.448. The zero-order chi connectivity index (χ0) is 23.5. The lowest BCUT2D eigenvalue weighted by Gasteiger charge is -2.49. The van der Waals surface area contributed by atoms with Gasteiger partial charge < -0.3 is 14.9 Å². The van der Waals surface area contributed by atoms with Crippen molar-refractivity contribution in [2.45, 2.75) is 117 Å². The number of carbonyl (C=O) groups excluding carboxylic acids is 1. The Bertz CT molecular complexity index is 706. The number of Topliss-reactive ketones (excluding diaryl/α,β-unsaturated/α-hetero) is 1. The van der Waals surface area contributed by atoms with E-state index in [4.69, 9.17) is 4.74 Å². The lowest BCUT2D eigenvalue weighted by molar-refractivity contribution is -0.147. The molecule has 0 bridgehead atoms. The summed E-state index contributed by atoms with van der Waals surface area (Å²) in [4.78, 5) is 14.0. The first-order valence-electron chi connectivity index (χ1n) is 13.5. The van der Waals surface area contributed by atoms with Crippen LogP contribution >= 0.6 is 0 Å². The molecule has 3 saturated carbocycles. The molecule has 2 N–H and O–H groups in total. The molecule has 4 fully saturated rings. The van der Waals surface area contributed by atoms with E-state index in [1.54, 1.807) is 0 Å². The van der Waals surface area contributed by atoms with Crippen molar-refractivity contribution in [3.63, 3.8) is 0 Å². The molecule has 10 atom stereocenters. The van der Waals surface area contributed by atoms with E-state index in [1.807, 2.05) is 0 Å². The van der Waals surface area contributed by atoms with Crippen molar-refractivity contribution < 1.29 is 19.7 Å². The third-order valence-corrected chi connectivity index (χ3v) is 11.1. The molecule has 3 aliphatic carbocycles. The summed E-state index contributed by atoms with van der Waals surface area (Å²) < 4.78 is 6.26. The van der Waals surface area contributed by atoms with Crippen LogP contribution in [0.2, 0.25) is 0 Å². The highest BCUT2D eigenvalue weighted by atomic mass is 16.6. The van der Waals surface area contributed by atoms with Gasteiger partial charge in [0.1, 0.15) is 11.4 Å². The zero-order valence-electron chi connectivity index (χ0n) is 21.4. The van der Waals surface area contributed by atoms with E-state index in [1.165, 1.54) is 19.3 Å². The lowest BCUT2D eigenvalue weighted by atomic mass is 9.52. The summed E-state index contributed by atoms with van der Waals surface area (Å²) in [5, 5.41) is 20.3. The van der Waals surface area contributed by atoms with Crippen LogP contribution in [0.1, 0.15) is 99.3 Å². The summed E-state index contributed by atoms with van der Waals surface area (Å²) in [6, 6.07) is 0.